The van der Waals surface area contributed by atoms with Crippen LogP contribution in [0.15, 0.2) is 48.5 Å². The second kappa shape index (κ2) is 9.04. The first-order valence-corrected chi connectivity index (χ1v) is 8.79. The highest BCUT2D eigenvalue weighted by Gasteiger charge is 2.08. The Hall–Kier alpha value is -2.82. The van der Waals surface area contributed by atoms with Crippen molar-refractivity contribution in [1.82, 2.24) is 10.2 Å². The van der Waals surface area contributed by atoms with Crippen LogP contribution in [0.4, 0.5) is 11.4 Å². The largest absolute Gasteiger partial charge is 0.356 e. The molecule has 2 N–H and O–H groups in total. The van der Waals surface area contributed by atoms with E-state index in [2.05, 4.69) is 24.5 Å². The number of carbonyl (C=O) groups excluding carboxylic acids is 2. The fourth-order valence-corrected chi connectivity index (χ4v) is 2.34. The zero-order valence-electron chi connectivity index (χ0n) is 15.9. The summed E-state index contributed by atoms with van der Waals surface area (Å²) in [6.45, 7) is 4.78. The van der Waals surface area contributed by atoms with Crippen LogP contribution in [-0.2, 0) is 11.2 Å². The first kappa shape index (κ1) is 19.5. The summed E-state index contributed by atoms with van der Waals surface area (Å²) < 4.78 is 0. The number of rotatable bonds is 7. The molecule has 5 heteroatoms. The molecule has 0 saturated heterocycles. The van der Waals surface area contributed by atoms with E-state index in [-0.39, 0.29) is 11.8 Å². The van der Waals surface area contributed by atoms with Crippen molar-refractivity contribution in [2.75, 3.05) is 26.0 Å². The molecular formula is C21H27N3O2. The summed E-state index contributed by atoms with van der Waals surface area (Å²) in [6, 6.07) is 15.1. The van der Waals surface area contributed by atoms with E-state index in [0.29, 0.717) is 24.4 Å². The molecule has 0 aliphatic heterocycles. The maximum absolute atomic E-state index is 12.2. The van der Waals surface area contributed by atoms with E-state index in [1.165, 1.54) is 0 Å². The number of benzene rings is 2. The van der Waals surface area contributed by atoms with Crippen LogP contribution in [0, 0.1) is 5.92 Å². The van der Waals surface area contributed by atoms with Crippen molar-refractivity contribution in [2.24, 2.45) is 5.92 Å². The zero-order chi connectivity index (χ0) is 19.1. The molecule has 0 unspecified atom stereocenters. The smallest absolute Gasteiger partial charge is 0.251 e. The zero-order valence-corrected chi connectivity index (χ0v) is 15.9. The lowest BCUT2D eigenvalue weighted by atomic mass is 10.1. The van der Waals surface area contributed by atoms with Gasteiger partial charge in [-0.05, 0) is 41.8 Å². The molecule has 138 valence electrons. The molecule has 0 aromatic heterocycles. The average Bonchev–Trinajstić information content (AvgIpc) is 2.61. The summed E-state index contributed by atoms with van der Waals surface area (Å²) in [6.07, 6.45) is 0.388. The normalized spacial score (nSPS) is 10.5. The lowest BCUT2D eigenvalue weighted by molar-refractivity contribution is -0.127. The first-order valence-electron chi connectivity index (χ1n) is 8.79. The van der Waals surface area contributed by atoms with Gasteiger partial charge in [0.25, 0.3) is 5.91 Å². The molecule has 0 aliphatic carbocycles. The minimum absolute atomic E-state index is 0.0695. The predicted octanol–water partition coefficient (Wildman–Crippen LogP) is 3.45. The van der Waals surface area contributed by atoms with Gasteiger partial charge < -0.3 is 15.5 Å². The van der Waals surface area contributed by atoms with Crippen LogP contribution in [0.3, 0.4) is 0 Å². The van der Waals surface area contributed by atoms with Crippen molar-refractivity contribution in [2.45, 2.75) is 20.3 Å². The highest BCUT2D eigenvalue weighted by molar-refractivity contribution is 5.95. The first-order chi connectivity index (χ1) is 12.3. The Labute approximate surface area is 155 Å². The van der Waals surface area contributed by atoms with Gasteiger partial charge in [0.1, 0.15) is 0 Å². The maximum atomic E-state index is 12.2. The third-order valence-electron chi connectivity index (χ3n) is 3.89. The van der Waals surface area contributed by atoms with Crippen LogP contribution in [0.5, 0.6) is 0 Å². The van der Waals surface area contributed by atoms with Gasteiger partial charge in [0.15, 0.2) is 0 Å². The molecule has 5 nitrogen and oxygen atoms in total. The van der Waals surface area contributed by atoms with Gasteiger partial charge in [-0.25, -0.2) is 0 Å². The fourth-order valence-electron chi connectivity index (χ4n) is 2.34. The van der Waals surface area contributed by atoms with E-state index < -0.39 is 0 Å². The summed E-state index contributed by atoms with van der Waals surface area (Å²) in [5, 5.41) is 6.21. The van der Waals surface area contributed by atoms with E-state index in [1.54, 1.807) is 25.1 Å². The van der Waals surface area contributed by atoms with Gasteiger partial charge in [-0.1, -0.05) is 32.0 Å². The minimum atomic E-state index is -0.0695. The molecule has 0 radical (unpaired) electrons. The van der Waals surface area contributed by atoms with E-state index in [4.69, 9.17) is 0 Å². The standard InChI is InChI=1S/C21H27N3O2/c1-15(2)14-22-21(26)17-6-5-7-19(13-17)23-18-10-8-16(9-11-18)12-20(25)24(3)4/h5-11,13,15,23H,12,14H2,1-4H3,(H,22,26). The topological polar surface area (TPSA) is 61.4 Å². The Morgan fingerprint density at radius 3 is 2.31 bits per heavy atom. The number of carbonyl (C=O) groups is 2. The van der Waals surface area contributed by atoms with Crippen LogP contribution in [0.1, 0.15) is 29.8 Å². The molecule has 0 spiro atoms. The number of hydrogen-bond acceptors (Lipinski definition) is 3. The molecule has 2 amide bonds. The minimum Gasteiger partial charge on any atom is -0.356 e. The van der Waals surface area contributed by atoms with Crippen molar-refractivity contribution < 1.29 is 9.59 Å². The Balaban J connectivity index is 2.01. The number of anilines is 2. The van der Waals surface area contributed by atoms with Crippen LogP contribution in [-0.4, -0.2) is 37.4 Å². The second-order valence-corrected chi connectivity index (χ2v) is 6.97. The Kier molecular flexibility index (Phi) is 6.78. The lowest BCUT2D eigenvalue weighted by Gasteiger charge is -2.12. The summed E-state index contributed by atoms with van der Waals surface area (Å²) in [4.78, 5) is 25.5. The van der Waals surface area contributed by atoms with Crippen LogP contribution < -0.4 is 10.6 Å². The lowest BCUT2D eigenvalue weighted by Crippen LogP contribution is -2.27. The Morgan fingerprint density at radius 2 is 1.69 bits per heavy atom. The van der Waals surface area contributed by atoms with E-state index in [1.807, 2.05) is 42.5 Å². The summed E-state index contributed by atoms with van der Waals surface area (Å²) in [5.41, 5.74) is 3.35. The molecule has 0 aliphatic rings. The average molecular weight is 353 g/mol. The number of amides is 2. The van der Waals surface area contributed by atoms with E-state index in [0.717, 1.165) is 16.9 Å². The van der Waals surface area contributed by atoms with Crippen molar-refractivity contribution in [3.8, 4) is 0 Å². The van der Waals surface area contributed by atoms with E-state index in [9.17, 15) is 9.59 Å². The van der Waals surface area contributed by atoms with Crippen LogP contribution >= 0.6 is 0 Å². The molecule has 0 heterocycles. The van der Waals surface area contributed by atoms with Gasteiger partial charge in [-0.2, -0.15) is 0 Å². The van der Waals surface area contributed by atoms with E-state index >= 15 is 0 Å². The Bertz CT molecular complexity index is 752. The monoisotopic (exact) mass is 353 g/mol. The fraction of sp³-hybridized carbons (Fsp3) is 0.333. The van der Waals surface area contributed by atoms with Crippen molar-refractivity contribution in [3.63, 3.8) is 0 Å². The van der Waals surface area contributed by atoms with Crippen LogP contribution in [0.2, 0.25) is 0 Å². The van der Waals surface area contributed by atoms with Crippen molar-refractivity contribution in [3.05, 3.63) is 59.7 Å². The molecule has 0 saturated carbocycles. The number of hydrogen-bond donors (Lipinski definition) is 2. The number of nitrogens with one attached hydrogen (secondary N) is 2. The number of nitrogens with zero attached hydrogens (tertiary/aromatic N) is 1. The van der Waals surface area contributed by atoms with Gasteiger partial charge in [-0.3, -0.25) is 9.59 Å². The van der Waals surface area contributed by atoms with Crippen molar-refractivity contribution >= 4 is 23.2 Å². The molecule has 2 aromatic rings. The molecular weight excluding hydrogens is 326 g/mol. The second-order valence-electron chi connectivity index (χ2n) is 6.97. The third-order valence-corrected chi connectivity index (χ3v) is 3.89. The summed E-state index contributed by atoms with van der Waals surface area (Å²) in [5.74, 6) is 0.420. The molecule has 2 aromatic carbocycles. The van der Waals surface area contributed by atoms with Crippen LogP contribution in [0.25, 0.3) is 0 Å². The predicted molar refractivity (Wildman–Crippen MR) is 106 cm³/mol. The highest BCUT2D eigenvalue weighted by Crippen LogP contribution is 2.19. The molecule has 26 heavy (non-hydrogen) atoms. The highest BCUT2D eigenvalue weighted by atomic mass is 16.2. The molecule has 0 atom stereocenters. The van der Waals surface area contributed by atoms with Gasteiger partial charge >= 0.3 is 0 Å². The molecule has 0 fully saturated rings. The molecule has 0 bridgehead atoms. The van der Waals surface area contributed by atoms with Gasteiger partial charge in [0.2, 0.25) is 5.91 Å². The van der Waals surface area contributed by atoms with Gasteiger partial charge in [0, 0.05) is 37.6 Å². The summed E-state index contributed by atoms with van der Waals surface area (Å²) in [7, 11) is 3.51. The van der Waals surface area contributed by atoms with Gasteiger partial charge in [0.05, 0.1) is 6.42 Å². The summed E-state index contributed by atoms with van der Waals surface area (Å²) >= 11 is 0. The van der Waals surface area contributed by atoms with Crippen molar-refractivity contribution in [1.29, 1.82) is 0 Å². The quantitative estimate of drug-likeness (QED) is 0.801. The molecule has 2 rings (SSSR count). The SMILES string of the molecule is CC(C)CNC(=O)c1cccc(Nc2ccc(CC(=O)N(C)C)cc2)c1. The Morgan fingerprint density at radius 1 is 1.00 bits per heavy atom. The maximum Gasteiger partial charge on any atom is 0.251 e. The van der Waals surface area contributed by atoms with Gasteiger partial charge in [-0.15, -0.1) is 0 Å². The number of likely N-dealkylation sites (N-methyl/N-ethyl adjacent to an activating group) is 1. The third kappa shape index (κ3) is 5.92.